The number of carbonyl (C=O) groups excluding carboxylic acids is 1. The van der Waals surface area contributed by atoms with Crippen LogP contribution in [-0.4, -0.2) is 142 Å². The van der Waals surface area contributed by atoms with Crippen LogP contribution in [0.3, 0.4) is 0 Å². The Hall–Kier alpha value is -1.27. The Labute approximate surface area is 482 Å². The van der Waals surface area contributed by atoms with Gasteiger partial charge in [-0.3, -0.25) is 4.79 Å². The van der Waals surface area contributed by atoms with Gasteiger partial charge in [0.2, 0.25) is 0 Å². The molecule has 0 amide bonds. The van der Waals surface area contributed by atoms with E-state index in [-0.39, 0.29) is 25.6 Å². The predicted molar refractivity (Wildman–Crippen MR) is 317 cm³/mol. The van der Waals surface area contributed by atoms with E-state index in [0.717, 1.165) is 38.5 Å². The van der Waals surface area contributed by atoms with Gasteiger partial charge >= 0.3 is 5.97 Å². The lowest BCUT2D eigenvalue weighted by Crippen LogP contribution is -2.61. The van der Waals surface area contributed by atoms with E-state index in [4.69, 9.17) is 28.4 Å². The van der Waals surface area contributed by atoms with E-state index < -0.39 is 80.7 Å². The number of carbonyl (C=O) groups is 1. The first-order chi connectivity index (χ1) is 38.6. The number of esters is 1. The maximum Gasteiger partial charge on any atom is 0.306 e. The van der Waals surface area contributed by atoms with Crippen LogP contribution >= 0.6 is 0 Å². The van der Waals surface area contributed by atoms with Crippen molar-refractivity contribution in [1.29, 1.82) is 0 Å². The molecule has 0 aromatic rings. The lowest BCUT2D eigenvalue weighted by molar-refractivity contribution is -0.332. The first-order valence-corrected chi connectivity index (χ1v) is 33.3. The second kappa shape index (κ2) is 52.3. The number of aliphatic hydroxyl groups is 7. The maximum atomic E-state index is 13.1. The molecule has 0 radical (unpaired) electrons. The van der Waals surface area contributed by atoms with Crippen LogP contribution in [0.5, 0.6) is 0 Å². The third kappa shape index (κ3) is 38.3. The van der Waals surface area contributed by atoms with Gasteiger partial charge in [-0.2, -0.15) is 0 Å². The Morgan fingerprint density at radius 2 is 0.747 bits per heavy atom. The number of hydrogen-bond acceptors (Lipinski definition) is 14. The highest BCUT2D eigenvalue weighted by molar-refractivity contribution is 5.69. The molecule has 11 atom stereocenters. The van der Waals surface area contributed by atoms with Crippen molar-refractivity contribution in [2.24, 2.45) is 0 Å². The average molecular weight is 1130 g/mol. The summed E-state index contributed by atoms with van der Waals surface area (Å²) in [5, 5.41) is 72.5. The highest BCUT2D eigenvalue weighted by Gasteiger charge is 2.47. The molecule has 0 aromatic heterocycles. The van der Waals surface area contributed by atoms with Gasteiger partial charge in [0.15, 0.2) is 12.6 Å². The Bertz CT molecular complexity index is 1360. The van der Waals surface area contributed by atoms with Gasteiger partial charge in [0.25, 0.3) is 0 Å². The summed E-state index contributed by atoms with van der Waals surface area (Å²) in [6.07, 6.45) is 44.2. The number of aliphatic hydroxyl groups excluding tert-OH is 7. The summed E-state index contributed by atoms with van der Waals surface area (Å²) in [5.41, 5.74) is 0. The van der Waals surface area contributed by atoms with Crippen molar-refractivity contribution in [3.05, 3.63) is 12.2 Å². The molecule has 14 heteroatoms. The highest BCUT2D eigenvalue weighted by Crippen LogP contribution is 2.27. The van der Waals surface area contributed by atoms with Crippen molar-refractivity contribution in [2.45, 2.75) is 364 Å². The Balaban J connectivity index is 1.65. The van der Waals surface area contributed by atoms with E-state index in [1.165, 1.54) is 231 Å². The molecule has 2 aliphatic heterocycles. The average Bonchev–Trinajstić information content (AvgIpc) is 3.46. The van der Waals surface area contributed by atoms with E-state index in [1.807, 2.05) is 0 Å². The van der Waals surface area contributed by atoms with Crippen molar-refractivity contribution in [3.63, 3.8) is 0 Å². The normalized spacial score (nSPS) is 24.0. The zero-order valence-electron chi connectivity index (χ0n) is 50.6. The van der Waals surface area contributed by atoms with Gasteiger partial charge in [0.1, 0.15) is 54.9 Å². The van der Waals surface area contributed by atoms with Crippen LogP contribution in [0.15, 0.2) is 12.2 Å². The molecule has 14 nitrogen and oxygen atoms in total. The first kappa shape index (κ1) is 73.8. The summed E-state index contributed by atoms with van der Waals surface area (Å²) >= 11 is 0. The van der Waals surface area contributed by atoms with Crippen LogP contribution in [0.1, 0.15) is 296 Å². The minimum Gasteiger partial charge on any atom is -0.457 e. The van der Waals surface area contributed by atoms with E-state index >= 15 is 0 Å². The molecule has 11 unspecified atom stereocenters. The maximum absolute atomic E-state index is 13.1. The van der Waals surface area contributed by atoms with Gasteiger partial charge in [-0.25, -0.2) is 0 Å². The number of unbranched alkanes of at least 4 members (excludes halogenated alkanes) is 40. The number of allylic oxidation sites excluding steroid dienone is 2. The SMILES string of the molecule is CCCCCCCCCC/C=C\CCCCCCCCCCCCCC(=O)OC(COCCCCCCCCCCCCCCCCCCCCCCCC)COC1OC(COC2OC(CO)C(O)C(O)C2O)C(O)C(O)C1O. The predicted octanol–water partition coefficient (Wildman–Crippen LogP) is 13.3. The summed E-state index contributed by atoms with van der Waals surface area (Å²) in [7, 11) is 0. The fraction of sp³-hybridized carbons (Fsp3) is 0.954. The third-order valence-corrected chi connectivity index (χ3v) is 16.3. The molecule has 2 fully saturated rings. The van der Waals surface area contributed by atoms with Crippen molar-refractivity contribution in [3.8, 4) is 0 Å². The van der Waals surface area contributed by atoms with Crippen LogP contribution in [-0.2, 0) is 33.2 Å². The standard InChI is InChI=1S/C65H124O14/c1-3-5-7-9-11-13-15-17-19-21-23-25-27-28-30-32-34-36-38-40-42-44-46-48-57(67)77-54(51-74-49-47-45-43-41-39-37-35-33-31-29-26-24-22-20-18-16-14-12-10-8-6-4-2)52-75-64-63(73)61(71)59(69)56(79-64)53-76-65-62(72)60(70)58(68)55(50-66)78-65/h21,23,54-56,58-66,68-73H,3-20,22,24-53H2,1-2H3/b23-21-. The molecule has 7 N–H and O–H groups in total. The number of ether oxygens (including phenoxy) is 6. The zero-order valence-corrected chi connectivity index (χ0v) is 50.6. The van der Waals surface area contributed by atoms with Gasteiger partial charge in [-0.15, -0.1) is 0 Å². The van der Waals surface area contributed by atoms with E-state index in [0.29, 0.717) is 13.0 Å². The molecule has 2 heterocycles. The number of rotatable bonds is 56. The molecule has 0 aromatic carbocycles. The first-order valence-electron chi connectivity index (χ1n) is 33.3. The largest absolute Gasteiger partial charge is 0.457 e. The molecule has 2 rings (SSSR count). The molecule has 2 aliphatic rings. The molecule has 0 saturated carbocycles. The molecule has 2 saturated heterocycles. The summed E-state index contributed by atoms with van der Waals surface area (Å²) in [4.78, 5) is 13.1. The Morgan fingerprint density at radius 3 is 1.15 bits per heavy atom. The zero-order chi connectivity index (χ0) is 57.2. The number of hydrogen-bond donors (Lipinski definition) is 7. The summed E-state index contributed by atoms with van der Waals surface area (Å²) in [5.74, 6) is -0.369. The summed E-state index contributed by atoms with van der Waals surface area (Å²) < 4.78 is 34.5. The highest BCUT2D eigenvalue weighted by atomic mass is 16.7. The topological polar surface area (TPSA) is 214 Å². The monoisotopic (exact) mass is 1130 g/mol. The Kier molecular flexibility index (Phi) is 48.9. The molecule has 468 valence electrons. The Morgan fingerprint density at radius 1 is 0.405 bits per heavy atom. The second-order valence-electron chi connectivity index (χ2n) is 23.7. The van der Waals surface area contributed by atoms with E-state index in [2.05, 4.69) is 26.0 Å². The molecule has 0 aliphatic carbocycles. The molecule has 79 heavy (non-hydrogen) atoms. The summed E-state index contributed by atoms with van der Waals surface area (Å²) in [6.45, 7) is 3.77. The molecular weight excluding hydrogens is 1000 g/mol. The fourth-order valence-corrected chi connectivity index (χ4v) is 10.9. The van der Waals surface area contributed by atoms with Crippen molar-refractivity contribution < 1.29 is 69.0 Å². The lowest BCUT2D eigenvalue weighted by Gasteiger charge is -2.42. The molecular formula is C65H124O14. The minimum atomic E-state index is -1.70. The van der Waals surface area contributed by atoms with Gasteiger partial charge in [0, 0.05) is 13.0 Å². The van der Waals surface area contributed by atoms with Crippen LogP contribution < -0.4 is 0 Å². The van der Waals surface area contributed by atoms with Gasteiger partial charge in [-0.05, 0) is 38.5 Å². The minimum absolute atomic E-state index is 0.0685. The third-order valence-electron chi connectivity index (χ3n) is 16.3. The van der Waals surface area contributed by atoms with Crippen LogP contribution in [0, 0.1) is 0 Å². The van der Waals surface area contributed by atoms with Crippen molar-refractivity contribution in [1.82, 2.24) is 0 Å². The smallest absolute Gasteiger partial charge is 0.306 e. The van der Waals surface area contributed by atoms with Crippen molar-refractivity contribution in [2.75, 3.05) is 33.0 Å². The molecule has 0 spiro atoms. The van der Waals surface area contributed by atoms with Crippen molar-refractivity contribution >= 4 is 5.97 Å². The lowest BCUT2D eigenvalue weighted by atomic mass is 9.98. The second-order valence-corrected chi connectivity index (χ2v) is 23.7. The fourth-order valence-electron chi connectivity index (χ4n) is 10.9. The van der Waals surface area contributed by atoms with Crippen LogP contribution in [0.4, 0.5) is 0 Å². The van der Waals surface area contributed by atoms with Crippen LogP contribution in [0.2, 0.25) is 0 Å². The van der Waals surface area contributed by atoms with E-state index in [9.17, 15) is 40.5 Å². The van der Waals surface area contributed by atoms with Gasteiger partial charge in [0.05, 0.1) is 26.4 Å². The van der Waals surface area contributed by atoms with Crippen LogP contribution in [0.25, 0.3) is 0 Å². The molecule has 0 bridgehead atoms. The quantitative estimate of drug-likeness (QED) is 0.0172. The van der Waals surface area contributed by atoms with E-state index in [1.54, 1.807) is 0 Å². The van der Waals surface area contributed by atoms with Gasteiger partial charge < -0.3 is 64.2 Å². The van der Waals surface area contributed by atoms with Gasteiger partial charge in [-0.1, -0.05) is 264 Å². The summed E-state index contributed by atoms with van der Waals surface area (Å²) in [6, 6.07) is 0.